The molecule has 0 unspecified atom stereocenters. The van der Waals surface area contributed by atoms with Crippen LogP contribution in [0.4, 0.5) is 4.39 Å². The van der Waals surface area contributed by atoms with E-state index in [9.17, 15) is 14.4 Å². The van der Waals surface area contributed by atoms with Crippen molar-refractivity contribution in [3.05, 3.63) is 33.5 Å². The van der Waals surface area contributed by atoms with Gasteiger partial charge in [0, 0.05) is 6.07 Å². The average Bonchev–Trinajstić information content (AvgIpc) is 2.18. The first-order valence-corrected chi connectivity index (χ1v) is 4.07. The summed E-state index contributed by atoms with van der Waals surface area (Å²) in [6.07, 6.45) is -0.688. The van der Waals surface area contributed by atoms with Crippen LogP contribution in [0.1, 0.15) is 11.3 Å². The number of rotatable bonds is 2. The molecule has 0 atom stereocenters. The lowest BCUT2D eigenvalue weighted by Gasteiger charge is -2.06. The molecular formula is C8H4ClFN2O3. The van der Waals surface area contributed by atoms with E-state index in [1.165, 1.54) is 6.07 Å². The Morgan fingerprint density at radius 2 is 2.40 bits per heavy atom. The SMILES string of the molecule is N#Cc1cc(F)c(Cl)[n+]([O-])c1CC(=O)O. The van der Waals surface area contributed by atoms with Crippen molar-refractivity contribution in [2.45, 2.75) is 6.42 Å². The van der Waals surface area contributed by atoms with Crippen LogP contribution in [0.25, 0.3) is 0 Å². The van der Waals surface area contributed by atoms with Crippen LogP contribution in [-0.2, 0) is 11.2 Å². The standard InChI is InChI=1S/C8H4ClFN2O3/c9-8-5(10)1-4(3-11)6(12(8)15)2-7(13)14/h1H,2H2,(H,13,14). The lowest BCUT2D eigenvalue weighted by Crippen LogP contribution is -2.36. The summed E-state index contributed by atoms with van der Waals surface area (Å²) in [7, 11) is 0. The molecule has 0 aromatic carbocycles. The summed E-state index contributed by atoms with van der Waals surface area (Å²) in [6, 6.07) is 2.26. The van der Waals surface area contributed by atoms with Gasteiger partial charge in [-0.2, -0.15) is 14.4 Å². The van der Waals surface area contributed by atoms with E-state index in [4.69, 9.17) is 22.0 Å². The van der Waals surface area contributed by atoms with Crippen molar-refractivity contribution in [1.82, 2.24) is 0 Å². The highest BCUT2D eigenvalue weighted by molar-refractivity contribution is 6.28. The molecule has 0 bridgehead atoms. The second-order valence-corrected chi connectivity index (χ2v) is 2.98. The molecule has 0 saturated carbocycles. The molecule has 0 spiro atoms. The van der Waals surface area contributed by atoms with Gasteiger partial charge in [0.25, 0.3) is 0 Å². The van der Waals surface area contributed by atoms with E-state index in [0.717, 1.165) is 6.07 Å². The first kappa shape index (κ1) is 11.2. The smallest absolute Gasteiger partial charge is 0.322 e. The summed E-state index contributed by atoms with van der Waals surface area (Å²) >= 11 is 5.27. The molecule has 0 aliphatic carbocycles. The Bertz CT molecular complexity index is 470. The summed E-state index contributed by atoms with van der Waals surface area (Å²) in [4.78, 5) is 10.4. The molecule has 1 N–H and O–H groups in total. The summed E-state index contributed by atoms with van der Waals surface area (Å²) in [5.74, 6) is -2.36. The number of pyridine rings is 1. The monoisotopic (exact) mass is 230 g/mol. The van der Waals surface area contributed by atoms with E-state index < -0.39 is 23.4 Å². The van der Waals surface area contributed by atoms with Crippen LogP contribution in [-0.4, -0.2) is 11.1 Å². The minimum atomic E-state index is -1.31. The third kappa shape index (κ3) is 2.14. The number of nitrogens with zero attached hydrogens (tertiary/aromatic N) is 2. The van der Waals surface area contributed by atoms with E-state index in [2.05, 4.69) is 0 Å². The van der Waals surface area contributed by atoms with Crippen molar-refractivity contribution in [2.75, 3.05) is 0 Å². The molecule has 0 saturated heterocycles. The summed E-state index contributed by atoms with van der Waals surface area (Å²) in [5, 5.41) is 27.5. The van der Waals surface area contributed by atoms with Gasteiger partial charge in [-0.1, -0.05) is 0 Å². The zero-order chi connectivity index (χ0) is 11.6. The van der Waals surface area contributed by atoms with Crippen LogP contribution in [0.2, 0.25) is 5.15 Å². The van der Waals surface area contributed by atoms with E-state index in [0.29, 0.717) is 0 Å². The van der Waals surface area contributed by atoms with Gasteiger partial charge in [0.05, 0.1) is 0 Å². The van der Waals surface area contributed by atoms with Gasteiger partial charge in [-0.3, -0.25) is 4.79 Å². The fourth-order valence-electron chi connectivity index (χ4n) is 1.00. The van der Waals surface area contributed by atoms with E-state index in [-0.39, 0.29) is 16.0 Å². The minimum Gasteiger partial charge on any atom is -0.617 e. The van der Waals surface area contributed by atoms with Crippen LogP contribution < -0.4 is 4.73 Å². The van der Waals surface area contributed by atoms with Crippen molar-refractivity contribution < 1.29 is 19.0 Å². The first-order chi connectivity index (χ1) is 6.97. The number of aliphatic carboxylic acids is 1. The fourth-order valence-corrected chi connectivity index (χ4v) is 1.16. The summed E-state index contributed by atoms with van der Waals surface area (Å²) in [5.41, 5.74) is -0.717. The second-order valence-electron chi connectivity index (χ2n) is 2.62. The highest BCUT2D eigenvalue weighted by Crippen LogP contribution is 2.14. The molecule has 78 valence electrons. The Balaban J connectivity index is 3.42. The molecule has 1 heterocycles. The Kier molecular flexibility index (Phi) is 3.07. The third-order valence-corrected chi connectivity index (χ3v) is 1.98. The lowest BCUT2D eigenvalue weighted by molar-refractivity contribution is -0.612. The highest BCUT2D eigenvalue weighted by Gasteiger charge is 2.23. The van der Waals surface area contributed by atoms with Gasteiger partial charge in [0.15, 0.2) is 0 Å². The molecule has 0 amide bonds. The number of carboxylic acid groups (broad SMARTS) is 1. The average molecular weight is 231 g/mol. The van der Waals surface area contributed by atoms with Gasteiger partial charge >= 0.3 is 11.1 Å². The van der Waals surface area contributed by atoms with Crippen LogP contribution >= 0.6 is 11.6 Å². The molecule has 1 aromatic rings. The Morgan fingerprint density at radius 1 is 1.80 bits per heavy atom. The summed E-state index contributed by atoms with van der Waals surface area (Å²) < 4.78 is 12.8. The zero-order valence-corrected chi connectivity index (χ0v) is 7.95. The van der Waals surface area contributed by atoms with Gasteiger partial charge in [0.1, 0.15) is 18.1 Å². The van der Waals surface area contributed by atoms with Crippen LogP contribution in [0.3, 0.4) is 0 Å². The first-order valence-electron chi connectivity index (χ1n) is 3.69. The Morgan fingerprint density at radius 3 is 2.87 bits per heavy atom. The maximum absolute atomic E-state index is 12.9. The highest BCUT2D eigenvalue weighted by atomic mass is 35.5. The van der Waals surface area contributed by atoms with Gasteiger partial charge in [0.2, 0.25) is 11.5 Å². The molecule has 15 heavy (non-hydrogen) atoms. The molecule has 1 rings (SSSR count). The fraction of sp³-hybridized carbons (Fsp3) is 0.125. The number of carbonyl (C=O) groups is 1. The van der Waals surface area contributed by atoms with Gasteiger partial charge in [-0.05, 0) is 11.6 Å². The molecule has 0 aliphatic heterocycles. The molecule has 5 nitrogen and oxygen atoms in total. The van der Waals surface area contributed by atoms with Crippen molar-refractivity contribution in [2.24, 2.45) is 0 Å². The largest absolute Gasteiger partial charge is 0.617 e. The van der Waals surface area contributed by atoms with E-state index >= 15 is 0 Å². The quantitative estimate of drug-likeness (QED) is 0.458. The zero-order valence-electron chi connectivity index (χ0n) is 7.20. The van der Waals surface area contributed by atoms with Crippen molar-refractivity contribution in [3.8, 4) is 6.07 Å². The maximum atomic E-state index is 12.9. The normalized spacial score (nSPS) is 9.67. The van der Waals surface area contributed by atoms with Gasteiger partial charge in [-0.25, -0.2) is 0 Å². The van der Waals surface area contributed by atoms with Gasteiger partial charge in [-0.15, -0.1) is 0 Å². The predicted molar refractivity (Wildman–Crippen MR) is 46.4 cm³/mol. The van der Waals surface area contributed by atoms with Crippen molar-refractivity contribution >= 4 is 17.6 Å². The second kappa shape index (κ2) is 4.11. The lowest BCUT2D eigenvalue weighted by atomic mass is 10.1. The molecule has 0 aliphatic rings. The minimum absolute atomic E-state index is 0.0937. The summed E-state index contributed by atoms with van der Waals surface area (Å²) in [6.45, 7) is 0. The molecule has 0 radical (unpaired) electrons. The number of hydrogen-bond acceptors (Lipinski definition) is 3. The van der Waals surface area contributed by atoms with Crippen LogP contribution in [0.5, 0.6) is 0 Å². The predicted octanol–water partition coefficient (Wildman–Crippen LogP) is 0.611. The third-order valence-electron chi connectivity index (χ3n) is 1.64. The van der Waals surface area contributed by atoms with Crippen LogP contribution in [0.15, 0.2) is 6.07 Å². The topological polar surface area (TPSA) is 88.0 Å². The maximum Gasteiger partial charge on any atom is 0.322 e. The molecule has 0 fully saturated rings. The van der Waals surface area contributed by atoms with Gasteiger partial charge < -0.3 is 10.3 Å². The Labute approximate surface area is 88.5 Å². The molecule has 1 aromatic heterocycles. The number of aromatic nitrogens is 1. The van der Waals surface area contributed by atoms with Crippen molar-refractivity contribution in [3.63, 3.8) is 0 Å². The molecule has 7 heteroatoms. The van der Waals surface area contributed by atoms with E-state index in [1.54, 1.807) is 0 Å². The Hall–Kier alpha value is -1.87. The van der Waals surface area contributed by atoms with Crippen LogP contribution in [0, 0.1) is 22.4 Å². The van der Waals surface area contributed by atoms with Crippen molar-refractivity contribution in [1.29, 1.82) is 5.26 Å². The van der Waals surface area contributed by atoms with E-state index in [1.807, 2.05) is 0 Å². The molecular weight excluding hydrogens is 227 g/mol. The number of carboxylic acids is 1. The number of halogens is 2. The number of nitriles is 1. The number of hydrogen-bond donors (Lipinski definition) is 1.